The van der Waals surface area contributed by atoms with Gasteiger partial charge in [-0.2, -0.15) is 0 Å². The summed E-state index contributed by atoms with van der Waals surface area (Å²) < 4.78 is 4.67. The number of nitrogens with zero attached hydrogens (tertiary/aromatic N) is 3. The average Bonchev–Trinajstić information content (AvgIpc) is 3.16. The number of rotatable bonds is 5. The highest BCUT2D eigenvalue weighted by Gasteiger charge is 2.17. The molecule has 4 aromatic rings. The van der Waals surface area contributed by atoms with Gasteiger partial charge in [-0.1, -0.05) is 24.3 Å². The number of hydrogen-bond acceptors (Lipinski definition) is 2. The number of benzene rings is 2. The van der Waals surface area contributed by atoms with Crippen LogP contribution in [0.1, 0.15) is 18.9 Å². The highest BCUT2D eigenvalue weighted by molar-refractivity contribution is 5.88. The van der Waals surface area contributed by atoms with Gasteiger partial charge in [0.1, 0.15) is 0 Å². The second-order valence-electron chi connectivity index (χ2n) is 6.55. The van der Waals surface area contributed by atoms with Gasteiger partial charge in [-0.15, -0.1) is 0 Å². The molecule has 2 heterocycles. The lowest BCUT2D eigenvalue weighted by molar-refractivity contribution is 0.666. The van der Waals surface area contributed by atoms with Gasteiger partial charge in [0.2, 0.25) is 0 Å². The molecule has 0 aliphatic carbocycles. The minimum Gasteiger partial charge on any atom is -0.338 e. The second-order valence-corrected chi connectivity index (χ2v) is 6.55. The summed E-state index contributed by atoms with van der Waals surface area (Å²) in [6.07, 6.45) is 0.943. The highest BCUT2D eigenvalue weighted by atomic mass is 15.1. The molecule has 0 atom stereocenters. The molecular weight excluding hydrogens is 308 g/mol. The molecule has 0 saturated heterocycles. The Labute approximate surface area is 147 Å². The van der Waals surface area contributed by atoms with Crippen LogP contribution in [0.25, 0.3) is 33.5 Å². The topological polar surface area (TPSA) is 48.8 Å². The van der Waals surface area contributed by atoms with Crippen LogP contribution in [0.4, 0.5) is 0 Å². The molecule has 4 nitrogen and oxygen atoms in total. The quantitative estimate of drug-likeness (QED) is 0.591. The molecule has 2 aromatic heterocycles. The Bertz CT molecular complexity index is 1040. The van der Waals surface area contributed by atoms with Crippen molar-refractivity contribution in [2.75, 3.05) is 6.54 Å². The van der Waals surface area contributed by atoms with E-state index in [1.165, 1.54) is 27.7 Å². The zero-order valence-corrected chi connectivity index (χ0v) is 14.9. The molecule has 2 N–H and O–H groups in total. The Hall–Kier alpha value is -2.59. The first kappa shape index (κ1) is 15.9. The lowest BCUT2D eigenvalue weighted by Gasteiger charge is -2.11. The number of fused-ring (bicyclic) bond motifs is 2. The molecule has 0 spiro atoms. The lowest BCUT2D eigenvalue weighted by atomic mass is 10.2. The van der Waals surface area contributed by atoms with Crippen molar-refractivity contribution < 1.29 is 0 Å². The molecule has 0 fully saturated rings. The first-order valence-electron chi connectivity index (χ1n) is 8.98. The second kappa shape index (κ2) is 6.37. The van der Waals surface area contributed by atoms with E-state index in [0.717, 1.165) is 30.9 Å². The van der Waals surface area contributed by atoms with Crippen molar-refractivity contribution in [3.05, 3.63) is 54.1 Å². The van der Waals surface area contributed by atoms with Crippen LogP contribution in [0.2, 0.25) is 0 Å². The van der Waals surface area contributed by atoms with Gasteiger partial charge in [0, 0.05) is 24.0 Å². The van der Waals surface area contributed by atoms with E-state index in [9.17, 15) is 0 Å². The van der Waals surface area contributed by atoms with Gasteiger partial charge in [0.05, 0.1) is 16.7 Å². The molecule has 0 aliphatic heterocycles. The van der Waals surface area contributed by atoms with Crippen LogP contribution in [0.15, 0.2) is 48.5 Å². The van der Waals surface area contributed by atoms with E-state index in [0.29, 0.717) is 6.54 Å². The Balaban J connectivity index is 1.99. The molecule has 128 valence electrons. The first-order chi connectivity index (χ1) is 12.2. The van der Waals surface area contributed by atoms with E-state index in [1.54, 1.807) is 0 Å². The van der Waals surface area contributed by atoms with E-state index in [-0.39, 0.29) is 0 Å². The van der Waals surface area contributed by atoms with E-state index in [2.05, 4.69) is 71.5 Å². The molecular formula is C21H24N4. The Morgan fingerprint density at radius 2 is 1.84 bits per heavy atom. The van der Waals surface area contributed by atoms with Gasteiger partial charge in [-0.3, -0.25) is 0 Å². The summed E-state index contributed by atoms with van der Waals surface area (Å²) in [5.41, 5.74) is 11.7. The predicted octanol–water partition coefficient (Wildman–Crippen LogP) is 4.34. The molecule has 0 unspecified atom stereocenters. The van der Waals surface area contributed by atoms with Crippen molar-refractivity contribution >= 4 is 21.9 Å². The van der Waals surface area contributed by atoms with Crippen LogP contribution >= 0.6 is 0 Å². The molecule has 0 bridgehead atoms. The smallest absolute Gasteiger partial charge is 0.157 e. The van der Waals surface area contributed by atoms with Crippen molar-refractivity contribution in [1.29, 1.82) is 0 Å². The predicted molar refractivity (Wildman–Crippen MR) is 105 cm³/mol. The van der Waals surface area contributed by atoms with Crippen molar-refractivity contribution in [2.45, 2.75) is 33.4 Å². The summed E-state index contributed by atoms with van der Waals surface area (Å²) in [4.78, 5) is 5.00. The monoisotopic (exact) mass is 332 g/mol. The third-order valence-electron chi connectivity index (χ3n) is 4.85. The van der Waals surface area contributed by atoms with Gasteiger partial charge in [-0.05, 0) is 56.6 Å². The maximum Gasteiger partial charge on any atom is 0.157 e. The number of hydrogen-bond donors (Lipinski definition) is 1. The van der Waals surface area contributed by atoms with E-state index >= 15 is 0 Å². The average molecular weight is 332 g/mol. The molecule has 4 rings (SSSR count). The summed E-state index contributed by atoms with van der Waals surface area (Å²) in [6, 6.07) is 17.3. The maximum atomic E-state index is 5.78. The summed E-state index contributed by atoms with van der Waals surface area (Å²) in [5, 5.41) is 1.26. The molecule has 2 aromatic carbocycles. The van der Waals surface area contributed by atoms with Crippen molar-refractivity contribution in [3.8, 4) is 11.5 Å². The van der Waals surface area contributed by atoms with Crippen molar-refractivity contribution in [1.82, 2.24) is 14.1 Å². The van der Waals surface area contributed by atoms with Crippen LogP contribution < -0.4 is 5.73 Å². The molecule has 0 aliphatic rings. The van der Waals surface area contributed by atoms with Crippen molar-refractivity contribution in [3.63, 3.8) is 0 Å². The third kappa shape index (κ3) is 2.63. The molecule has 0 amide bonds. The molecule has 4 heteroatoms. The minimum atomic E-state index is 0.682. The molecule has 0 radical (unpaired) electrons. The first-order valence-corrected chi connectivity index (χ1v) is 8.98. The number of nitrogens with two attached hydrogens (primary N) is 1. The SMILES string of the molecule is CCn1c(-c2nc3cc(C)ccc3n2CCCN)cc2ccccc21. The molecule has 0 saturated carbocycles. The Morgan fingerprint density at radius 1 is 1.00 bits per heavy atom. The summed E-state index contributed by atoms with van der Waals surface area (Å²) >= 11 is 0. The van der Waals surface area contributed by atoms with E-state index in [4.69, 9.17) is 10.7 Å². The standard InChI is InChI=1S/C21H24N4/c1-3-24-18-8-5-4-7-16(18)14-20(24)21-23-17-13-15(2)9-10-19(17)25(21)12-6-11-22/h4-5,7-10,13-14H,3,6,11-12,22H2,1-2H3. The normalized spacial score (nSPS) is 11.6. The Morgan fingerprint density at radius 3 is 2.64 bits per heavy atom. The third-order valence-corrected chi connectivity index (χ3v) is 4.85. The van der Waals surface area contributed by atoms with Gasteiger partial charge < -0.3 is 14.9 Å². The van der Waals surface area contributed by atoms with E-state index in [1.807, 2.05) is 0 Å². The fourth-order valence-electron chi connectivity index (χ4n) is 3.65. The fourth-order valence-corrected chi connectivity index (χ4v) is 3.65. The van der Waals surface area contributed by atoms with Crippen LogP contribution in [0.3, 0.4) is 0 Å². The zero-order valence-electron chi connectivity index (χ0n) is 14.9. The number of aryl methyl sites for hydroxylation is 3. The van der Waals surface area contributed by atoms with Crippen LogP contribution in [0.5, 0.6) is 0 Å². The summed E-state index contributed by atoms with van der Waals surface area (Å²) in [7, 11) is 0. The van der Waals surface area contributed by atoms with Crippen LogP contribution in [-0.4, -0.2) is 20.7 Å². The number of para-hydroxylation sites is 1. The van der Waals surface area contributed by atoms with E-state index < -0.39 is 0 Å². The van der Waals surface area contributed by atoms with Crippen LogP contribution in [-0.2, 0) is 13.1 Å². The zero-order chi connectivity index (χ0) is 17.4. The molecule has 25 heavy (non-hydrogen) atoms. The van der Waals surface area contributed by atoms with Gasteiger partial charge >= 0.3 is 0 Å². The van der Waals surface area contributed by atoms with Crippen LogP contribution in [0, 0.1) is 6.92 Å². The fraction of sp³-hybridized carbons (Fsp3) is 0.286. The lowest BCUT2D eigenvalue weighted by Crippen LogP contribution is -2.08. The largest absolute Gasteiger partial charge is 0.338 e. The highest BCUT2D eigenvalue weighted by Crippen LogP contribution is 2.31. The maximum absolute atomic E-state index is 5.78. The minimum absolute atomic E-state index is 0.682. The summed E-state index contributed by atoms with van der Waals surface area (Å²) in [6.45, 7) is 6.79. The number of aromatic nitrogens is 3. The Kier molecular flexibility index (Phi) is 4.06. The van der Waals surface area contributed by atoms with Gasteiger partial charge in [-0.25, -0.2) is 4.98 Å². The van der Waals surface area contributed by atoms with Gasteiger partial charge in [0.25, 0.3) is 0 Å². The van der Waals surface area contributed by atoms with Gasteiger partial charge in [0.15, 0.2) is 5.82 Å². The van der Waals surface area contributed by atoms with Crippen molar-refractivity contribution in [2.24, 2.45) is 5.73 Å². The summed E-state index contributed by atoms with van der Waals surface area (Å²) in [5.74, 6) is 1.03. The number of imidazole rings is 1.